The molecular formula is C29H33N5O4. The van der Waals surface area contributed by atoms with Crippen molar-refractivity contribution in [1.82, 2.24) is 14.1 Å². The molecular weight excluding hydrogens is 482 g/mol. The molecule has 9 nitrogen and oxygen atoms in total. The molecule has 0 aliphatic carbocycles. The number of rotatable bonds is 9. The first-order chi connectivity index (χ1) is 18.2. The van der Waals surface area contributed by atoms with E-state index in [1.165, 1.54) is 15.3 Å². The summed E-state index contributed by atoms with van der Waals surface area (Å²) >= 11 is 0. The quantitative estimate of drug-likeness (QED) is 0.260. The second-order valence-electron chi connectivity index (χ2n) is 9.34. The molecule has 0 atom stereocenters. The topological polar surface area (TPSA) is 117 Å². The summed E-state index contributed by atoms with van der Waals surface area (Å²) in [5.41, 5.74) is 10.4. The lowest BCUT2D eigenvalue weighted by atomic mass is 9.95. The lowest BCUT2D eigenvalue weighted by Gasteiger charge is -2.15. The zero-order chi connectivity index (χ0) is 27.4. The average Bonchev–Trinajstić information content (AvgIpc) is 3.34. The van der Waals surface area contributed by atoms with Crippen LogP contribution in [-0.4, -0.2) is 46.7 Å². The van der Waals surface area contributed by atoms with E-state index in [1.54, 1.807) is 45.9 Å². The highest BCUT2D eigenvalue weighted by Gasteiger charge is 2.18. The fourth-order valence-electron chi connectivity index (χ4n) is 4.21. The first-order valence-electron chi connectivity index (χ1n) is 12.3. The molecule has 9 heteroatoms. The minimum absolute atomic E-state index is 0.0927. The van der Waals surface area contributed by atoms with Gasteiger partial charge in [-0.2, -0.15) is 0 Å². The van der Waals surface area contributed by atoms with Crippen LogP contribution in [0.25, 0.3) is 38.7 Å². The third kappa shape index (κ3) is 5.47. The normalized spacial score (nSPS) is 12.2. The van der Waals surface area contributed by atoms with Crippen LogP contribution in [0, 0.1) is 0 Å². The summed E-state index contributed by atoms with van der Waals surface area (Å²) in [7, 11) is 5.03. The van der Waals surface area contributed by atoms with Crippen molar-refractivity contribution in [3.8, 4) is 28.0 Å². The molecule has 3 aromatic heterocycles. The van der Waals surface area contributed by atoms with E-state index in [0.29, 0.717) is 46.7 Å². The molecule has 4 rings (SSSR count). The number of fused-ring (bicyclic) bond motifs is 1. The lowest BCUT2D eigenvalue weighted by Crippen LogP contribution is -2.18. The molecule has 0 aliphatic heterocycles. The minimum Gasteiger partial charge on any atom is -0.491 e. The Morgan fingerprint density at radius 2 is 1.82 bits per heavy atom. The van der Waals surface area contributed by atoms with E-state index in [0.717, 1.165) is 16.7 Å². The number of nitrogens with zero attached hydrogens (tertiary/aromatic N) is 3. The highest BCUT2D eigenvalue weighted by Crippen LogP contribution is 2.36. The average molecular weight is 516 g/mol. The molecule has 0 unspecified atom stereocenters. The Hall–Kier alpha value is -4.37. The van der Waals surface area contributed by atoms with Crippen LogP contribution in [-0.2, 0) is 18.8 Å². The van der Waals surface area contributed by atoms with Gasteiger partial charge in [-0.15, -0.1) is 0 Å². The van der Waals surface area contributed by atoms with Crippen LogP contribution in [0.1, 0.15) is 19.5 Å². The number of hydrogen-bond acceptors (Lipinski definition) is 6. The van der Waals surface area contributed by atoms with Gasteiger partial charge in [0, 0.05) is 85.9 Å². The highest BCUT2D eigenvalue weighted by atomic mass is 16.5. The smallest absolute Gasteiger partial charge is 0.274 e. The van der Waals surface area contributed by atoms with Crippen molar-refractivity contribution in [1.29, 1.82) is 0 Å². The predicted octanol–water partition coefficient (Wildman–Crippen LogP) is 3.70. The van der Waals surface area contributed by atoms with Crippen molar-refractivity contribution in [3.05, 3.63) is 81.4 Å². The maximum atomic E-state index is 13.1. The van der Waals surface area contributed by atoms with Crippen molar-refractivity contribution in [2.75, 3.05) is 20.3 Å². The maximum Gasteiger partial charge on any atom is 0.274 e. The van der Waals surface area contributed by atoms with Crippen molar-refractivity contribution in [3.63, 3.8) is 0 Å². The molecule has 0 bridgehead atoms. The van der Waals surface area contributed by atoms with Gasteiger partial charge in [0.15, 0.2) is 0 Å². The van der Waals surface area contributed by atoms with Gasteiger partial charge in [-0.1, -0.05) is 12.1 Å². The minimum atomic E-state index is -0.189. The van der Waals surface area contributed by atoms with Crippen LogP contribution in [0.3, 0.4) is 0 Å². The van der Waals surface area contributed by atoms with Crippen LogP contribution in [0.4, 0.5) is 0 Å². The van der Waals surface area contributed by atoms with Crippen LogP contribution in [0.2, 0.25) is 0 Å². The van der Waals surface area contributed by atoms with E-state index in [9.17, 15) is 9.59 Å². The molecule has 3 N–H and O–H groups in total. The van der Waals surface area contributed by atoms with Crippen molar-refractivity contribution < 1.29 is 9.47 Å². The van der Waals surface area contributed by atoms with Gasteiger partial charge in [0.05, 0.1) is 6.61 Å². The van der Waals surface area contributed by atoms with Gasteiger partial charge in [-0.3, -0.25) is 14.6 Å². The molecule has 0 saturated carbocycles. The van der Waals surface area contributed by atoms with Crippen LogP contribution >= 0.6 is 0 Å². The van der Waals surface area contributed by atoms with Crippen molar-refractivity contribution in [2.45, 2.75) is 19.9 Å². The van der Waals surface area contributed by atoms with Gasteiger partial charge < -0.3 is 29.3 Å². The van der Waals surface area contributed by atoms with Crippen molar-refractivity contribution >= 4 is 22.7 Å². The largest absolute Gasteiger partial charge is 0.491 e. The molecule has 0 amide bonds. The number of benzene rings is 1. The summed E-state index contributed by atoms with van der Waals surface area (Å²) in [5.74, 6) is 0.691. The third-order valence-electron chi connectivity index (χ3n) is 6.19. The monoisotopic (exact) mass is 515 g/mol. The SMILES string of the molecule is COCCOc1cccc(-c2cn(C)c(=O)cc2-c2cn(C)c(=O)c3[nH]c(C(C=NC(C)C)=CN)cc23)c1. The van der Waals surface area contributed by atoms with E-state index >= 15 is 0 Å². The molecule has 1 aromatic carbocycles. The van der Waals surface area contributed by atoms with E-state index in [4.69, 9.17) is 15.2 Å². The summed E-state index contributed by atoms with van der Waals surface area (Å²) in [5, 5.41) is 0.683. The molecule has 4 aromatic rings. The zero-order valence-electron chi connectivity index (χ0n) is 22.3. The van der Waals surface area contributed by atoms with Gasteiger partial charge in [0.1, 0.15) is 17.9 Å². The molecule has 0 aliphatic rings. The number of ether oxygens (including phenoxy) is 2. The van der Waals surface area contributed by atoms with Crippen LogP contribution < -0.4 is 21.6 Å². The number of aromatic amines is 1. The highest BCUT2D eigenvalue weighted by molar-refractivity contribution is 6.11. The molecule has 0 spiro atoms. The second kappa shape index (κ2) is 11.4. The Kier molecular flexibility index (Phi) is 7.97. The molecule has 0 radical (unpaired) electrons. The first kappa shape index (κ1) is 26.7. The summed E-state index contributed by atoms with van der Waals surface area (Å²) in [6, 6.07) is 11.2. The maximum absolute atomic E-state index is 13.1. The number of allylic oxidation sites excluding steroid dienone is 1. The molecule has 38 heavy (non-hydrogen) atoms. The van der Waals surface area contributed by atoms with Crippen LogP contribution in [0.5, 0.6) is 5.75 Å². The van der Waals surface area contributed by atoms with E-state index in [2.05, 4.69) is 9.98 Å². The van der Waals surface area contributed by atoms with E-state index in [1.807, 2.05) is 44.2 Å². The first-order valence-corrected chi connectivity index (χ1v) is 12.3. The Morgan fingerprint density at radius 3 is 2.53 bits per heavy atom. The summed E-state index contributed by atoms with van der Waals surface area (Å²) in [6.45, 7) is 4.84. The molecule has 3 heterocycles. The molecule has 0 saturated heterocycles. The number of H-pyrrole nitrogens is 1. The number of hydrogen-bond donors (Lipinski definition) is 2. The number of aromatic nitrogens is 3. The summed E-state index contributed by atoms with van der Waals surface area (Å²) in [6.07, 6.45) is 6.71. The predicted molar refractivity (Wildman–Crippen MR) is 153 cm³/mol. The van der Waals surface area contributed by atoms with Gasteiger partial charge in [0.25, 0.3) is 11.1 Å². The Morgan fingerprint density at radius 1 is 1.05 bits per heavy atom. The van der Waals surface area contributed by atoms with Gasteiger partial charge in [-0.25, -0.2) is 0 Å². The number of pyridine rings is 2. The fourth-order valence-corrected chi connectivity index (χ4v) is 4.21. The number of nitrogens with one attached hydrogen (secondary N) is 1. The van der Waals surface area contributed by atoms with E-state index < -0.39 is 0 Å². The Labute approximate surface area is 220 Å². The van der Waals surface area contributed by atoms with Gasteiger partial charge in [0.2, 0.25) is 0 Å². The Bertz CT molecular complexity index is 1640. The number of aryl methyl sites for hydroxylation is 2. The van der Waals surface area contributed by atoms with Gasteiger partial charge >= 0.3 is 0 Å². The van der Waals surface area contributed by atoms with Crippen molar-refractivity contribution in [2.24, 2.45) is 24.8 Å². The van der Waals surface area contributed by atoms with Crippen LogP contribution in [0.15, 0.2) is 69.6 Å². The number of aliphatic imine (C=N–C) groups is 1. The second-order valence-corrected chi connectivity index (χ2v) is 9.34. The van der Waals surface area contributed by atoms with E-state index in [-0.39, 0.29) is 17.2 Å². The summed E-state index contributed by atoms with van der Waals surface area (Å²) in [4.78, 5) is 33.6. The van der Waals surface area contributed by atoms with Gasteiger partial charge in [-0.05, 0) is 43.2 Å². The molecule has 198 valence electrons. The lowest BCUT2D eigenvalue weighted by molar-refractivity contribution is 0.146. The Balaban J connectivity index is 1.94. The fraction of sp³-hybridized carbons (Fsp3) is 0.276. The number of methoxy groups -OCH3 is 1. The zero-order valence-corrected chi connectivity index (χ0v) is 22.3. The third-order valence-corrected chi connectivity index (χ3v) is 6.19. The standard InChI is InChI=1S/C29H33N5O4/c1-18(2)31-15-20(14-30)26-12-23-25(17-34(4)29(36)28(23)32-26)22-13-27(35)33(3)16-24(22)19-7-6-8-21(11-19)38-10-9-37-5/h6-8,11-18,32H,9-10,30H2,1-5H3. The number of nitrogens with two attached hydrogens (primary N) is 1. The summed E-state index contributed by atoms with van der Waals surface area (Å²) < 4.78 is 14.0. The molecule has 0 fully saturated rings.